The quantitative estimate of drug-likeness (QED) is 0.847. The summed E-state index contributed by atoms with van der Waals surface area (Å²) in [5, 5.41) is 4.06. The van der Waals surface area contributed by atoms with Crippen molar-refractivity contribution in [3.05, 3.63) is 33.0 Å². The van der Waals surface area contributed by atoms with Gasteiger partial charge in [0.2, 0.25) is 0 Å². The van der Waals surface area contributed by atoms with Gasteiger partial charge < -0.3 is 10.3 Å². The third kappa shape index (κ3) is 2.61. The summed E-state index contributed by atoms with van der Waals surface area (Å²) in [4.78, 5) is 4.47. The Bertz CT molecular complexity index is 585. The lowest BCUT2D eigenvalue weighted by molar-refractivity contribution is 0.372. The molecule has 100 valence electrons. The number of aromatic nitrogens is 2. The number of hydrogen-bond donors (Lipinski definition) is 1. The Balaban J connectivity index is 1.96. The highest BCUT2D eigenvalue weighted by Crippen LogP contribution is 2.36. The van der Waals surface area contributed by atoms with Gasteiger partial charge in [-0.25, -0.2) is 0 Å². The summed E-state index contributed by atoms with van der Waals surface area (Å²) in [5.41, 5.74) is 6.79. The Hall–Kier alpha value is -0.720. The summed E-state index contributed by atoms with van der Waals surface area (Å²) in [6.07, 6.45) is 4.11. The number of benzene rings is 1. The molecule has 0 saturated heterocycles. The topological polar surface area (TPSA) is 64.9 Å². The van der Waals surface area contributed by atoms with E-state index in [0.29, 0.717) is 11.7 Å². The molecule has 1 aromatic carbocycles. The zero-order valence-corrected chi connectivity index (χ0v) is 13.4. The molecule has 1 aromatic heterocycles. The summed E-state index contributed by atoms with van der Waals surface area (Å²) in [7, 11) is 0. The Labute approximate surface area is 128 Å². The van der Waals surface area contributed by atoms with E-state index in [1.54, 1.807) is 0 Å². The minimum Gasteiger partial charge on any atom is -0.334 e. The van der Waals surface area contributed by atoms with Crippen molar-refractivity contribution in [2.24, 2.45) is 5.73 Å². The van der Waals surface area contributed by atoms with Crippen LogP contribution in [0.4, 0.5) is 0 Å². The molecule has 0 unspecified atom stereocenters. The van der Waals surface area contributed by atoms with Gasteiger partial charge in [-0.3, -0.25) is 0 Å². The van der Waals surface area contributed by atoms with Crippen LogP contribution in [0.5, 0.6) is 0 Å². The van der Waals surface area contributed by atoms with E-state index in [1.165, 1.54) is 0 Å². The second-order valence-corrected chi connectivity index (χ2v) is 6.78. The van der Waals surface area contributed by atoms with Crippen LogP contribution < -0.4 is 5.73 Å². The molecule has 1 heterocycles. The van der Waals surface area contributed by atoms with E-state index in [-0.39, 0.29) is 0 Å². The molecule has 0 amide bonds. The molecule has 0 radical (unpaired) electrons. The highest BCUT2D eigenvalue weighted by atomic mass is 79.9. The number of nitrogens with zero attached hydrogens (tertiary/aromatic N) is 2. The zero-order valence-electron chi connectivity index (χ0n) is 10.2. The van der Waals surface area contributed by atoms with Gasteiger partial charge in [0.15, 0.2) is 5.82 Å². The number of hydrogen-bond acceptors (Lipinski definition) is 4. The van der Waals surface area contributed by atoms with Crippen LogP contribution >= 0.6 is 31.9 Å². The standard InChI is InChI=1S/C13H13Br2N3O/c14-9-5-8(6-10(15)7-9)11-17-12(18-19-11)13(16)3-1-2-4-13/h5-7H,1-4,16H2. The van der Waals surface area contributed by atoms with E-state index in [0.717, 1.165) is 40.2 Å². The van der Waals surface area contributed by atoms with E-state index in [4.69, 9.17) is 10.3 Å². The number of halogens is 2. The molecular formula is C13H13Br2N3O. The summed E-state index contributed by atoms with van der Waals surface area (Å²) in [6.45, 7) is 0. The lowest BCUT2D eigenvalue weighted by atomic mass is 9.99. The third-order valence-corrected chi connectivity index (χ3v) is 4.39. The van der Waals surface area contributed by atoms with Crippen molar-refractivity contribution in [3.63, 3.8) is 0 Å². The van der Waals surface area contributed by atoms with E-state index < -0.39 is 5.54 Å². The van der Waals surface area contributed by atoms with Crippen LogP contribution in [-0.4, -0.2) is 10.1 Å². The van der Waals surface area contributed by atoms with Crippen LogP contribution in [0.3, 0.4) is 0 Å². The molecule has 2 aromatic rings. The lowest BCUT2D eigenvalue weighted by Crippen LogP contribution is -2.34. The van der Waals surface area contributed by atoms with Crippen LogP contribution in [0, 0.1) is 0 Å². The van der Waals surface area contributed by atoms with Gasteiger partial charge in [-0.15, -0.1) is 0 Å². The first kappa shape index (κ1) is 13.3. The van der Waals surface area contributed by atoms with Gasteiger partial charge in [-0.05, 0) is 31.0 Å². The highest BCUT2D eigenvalue weighted by molar-refractivity contribution is 9.11. The highest BCUT2D eigenvalue weighted by Gasteiger charge is 2.36. The summed E-state index contributed by atoms with van der Waals surface area (Å²) in [5.74, 6) is 1.13. The average Bonchev–Trinajstić information content (AvgIpc) is 2.96. The maximum Gasteiger partial charge on any atom is 0.258 e. The zero-order chi connectivity index (χ0) is 13.5. The van der Waals surface area contributed by atoms with Crippen LogP contribution in [0.2, 0.25) is 0 Å². The molecule has 0 atom stereocenters. The molecule has 19 heavy (non-hydrogen) atoms. The second kappa shape index (κ2) is 5.00. The van der Waals surface area contributed by atoms with Crippen molar-refractivity contribution >= 4 is 31.9 Å². The van der Waals surface area contributed by atoms with Gasteiger partial charge in [0.1, 0.15) is 0 Å². The lowest BCUT2D eigenvalue weighted by Gasteiger charge is -2.17. The normalized spacial score (nSPS) is 17.8. The fraction of sp³-hybridized carbons (Fsp3) is 0.385. The van der Waals surface area contributed by atoms with Gasteiger partial charge in [-0.1, -0.05) is 49.9 Å². The summed E-state index contributed by atoms with van der Waals surface area (Å²) < 4.78 is 7.27. The first-order valence-electron chi connectivity index (χ1n) is 6.16. The first-order chi connectivity index (χ1) is 9.07. The Kier molecular flexibility index (Phi) is 3.49. The maximum atomic E-state index is 6.33. The predicted molar refractivity (Wildman–Crippen MR) is 79.5 cm³/mol. The van der Waals surface area contributed by atoms with Crippen molar-refractivity contribution < 1.29 is 4.52 Å². The molecule has 0 aliphatic heterocycles. The number of nitrogens with two attached hydrogens (primary N) is 1. The van der Waals surface area contributed by atoms with Crippen LogP contribution in [0.1, 0.15) is 31.5 Å². The van der Waals surface area contributed by atoms with Gasteiger partial charge in [-0.2, -0.15) is 4.98 Å². The largest absolute Gasteiger partial charge is 0.334 e. The van der Waals surface area contributed by atoms with Crippen LogP contribution in [0.25, 0.3) is 11.5 Å². The Morgan fingerprint density at radius 2 is 1.74 bits per heavy atom. The van der Waals surface area contributed by atoms with Gasteiger partial charge >= 0.3 is 0 Å². The number of rotatable bonds is 2. The second-order valence-electron chi connectivity index (χ2n) is 4.94. The van der Waals surface area contributed by atoms with E-state index >= 15 is 0 Å². The van der Waals surface area contributed by atoms with E-state index in [1.807, 2.05) is 18.2 Å². The molecule has 1 aliphatic rings. The fourth-order valence-electron chi connectivity index (χ4n) is 2.45. The molecule has 1 aliphatic carbocycles. The SMILES string of the molecule is NC1(c2noc(-c3cc(Br)cc(Br)c3)n2)CCCC1. The summed E-state index contributed by atoms with van der Waals surface area (Å²) in [6, 6.07) is 5.85. The Morgan fingerprint density at radius 3 is 2.37 bits per heavy atom. The molecule has 2 N–H and O–H groups in total. The molecule has 0 bridgehead atoms. The minimum absolute atomic E-state index is 0.412. The van der Waals surface area contributed by atoms with E-state index in [2.05, 4.69) is 42.0 Å². The molecule has 0 spiro atoms. The molecule has 1 fully saturated rings. The Morgan fingerprint density at radius 1 is 1.11 bits per heavy atom. The molecule has 3 rings (SSSR count). The third-order valence-electron chi connectivity index (χ3n) is 3.48. The molecular weight excluding hydrogens is 374 g/mol. The molecule has 4 nitrogen and oxygen atoms in total. The average molecular weight is 387 g/mol. The van der Waals surface area contributed by atoms with Gasteiger partial charge in [0.05, 0.1) is 5.54 Å². The molecule has 6 heteroatoms. The first-order valence-corrected chi connectivity index (χ1v) is 7.75. The van der Waals surface area contributed by atoms with Gasteiger partial charge in [0, 0.05) is 14.5 Å². The smallest absolute Gasteiger partial charge is 0.258 e. The van der Waals surface area contributed by atoms with Crippen molar-refractivity contribution in [3.8, 4) is 11.5 Å². The maximum absolute atomic E-state index is 6.33. The van der Waals surface area contributed by atoms with Gasteiger partial charge in [0.25, 0.3) is 5.89 Å². The minimum atomic E-state index is -0.412. The van der Waals surface area contributed by atoms with Crippen LogP contribution in [0.15, 0.2) is 31.7 Å². The molecule has 1 saturated carbocycles. The fourth-order valence-corrected chi connectivity index (χ4v) is 3.74. The predicted octanol–water partition coefficient (Wildman–Crippen LogP) is 3.99. The van der Waals surface area contributed by atoms with E-state index in [9.17, 15) is 0 Å². The van der Waals surface area contributed by atoms with Crippen LogP contribution in [-0.2, 0) is 5.54 Å². The summed E-state index contributed by atoms with van der Waals surface area (Å²) >= 11 is 6.90. The van der Waals surface area contributed by atoms with Crippen molar-refractivity contribution in [2.45, 2.75) is 31.2 Å². The van der Waals surface area contributed by atoms with Crippen molar-refractivity contribution in [1.29, 1.82) is 0 Å². The van der Waals surface area contributed by atoms with Crippen molar-refractivity contribution in [1.82, 2.24) is 10.1 Å². The van der Waals surface area contributed by atoms with Crippen molar-refractivity contribution in [2.75, 3.05) is 0 Å². The monoisotopic (exact) mass is 385 g/mol.